The number of hydrogen-bond acceptors (Lipinski definition) is 4. The second-order valence-corrected chi connectivity index (χ2v) is 14.7. The van der Waals surface area contributed by atoms with Gasteiger partial charge in [0.05, 0.1) is 28.2 Å². The quantitative estimate of drug-likeness (QED) is 0.183. The molecule has 5 heteroatoms. The van der Waals surface area contributed by atoms with Gasteiger partial charge in [0.25, 0.3) is 0 Å². The standard InChI is InChI=1S/C50H33N3O2/c1-2-11-30(12-3-1)50-51-41-17-7-4-15-36(41)49(52-50)38-16-10-20-46-48(38)37-24-23-33(29-47(37)55-46)53-42-18-8-5-13-34(42)39-27-31(21-25-43(39)53)32-22-26-45-40(28-32)35-14-6-9-19-44(35)54-45/h2,4-29,46,48H,1,3H2. The fourth-order valence-electron chi connectivity index (χ4n) is 9.05. The van der Waals surface area contributed by atoms with Gasteiger partial charge in [0, 0.05) is 49.8 Å². The van der Waals surface area contributed by atoms with Crippen LogP contribution in [0.3, 0.4) is 0 Å². The van der Waals surface area contributed by atoms with E-state index in [4.69, 9.17) is 19.1 Å². The van der Waals surface area contributed by atoms with Gasteiger partial charge in [-0.15, -0.1) is 0 Å². The van der Waals surface area contributed by atoms with E-state index >= 15 is 0 Å². The van der Waals surface area contributed by atoms with Crippen LogP contribution in [0.2, 0.25) is 0 Å². The summed E-state index contributed by atoms with van der Waals surface area (Å²) in [6.45, 7) is 0. The molecule has 0 fully saturated rings. The first-order valence-electron chi connectivity index (χ1n) is 19.0. The molecule has 0 spiro atoms. The highest BCUT2D eigenvalue weighted by Gasteiger charge is 2.39. The van der Waals surface area contributed by atoms with E-state index in [1.165, 1.54) is 27.5 Å². The number of allylic oxidation sites excluding steroid dienone is 6. The average molecular weight is 708 g/mol. The number of benzene rings is 6. The SMILES string of the molecule is C1=CC2Oc3cc(-n4c5ccccc5c5cc(-c6ccc7oc8ccccc8c7c6)ccc54)ccc3C2C(c2nc(C3=CCCC=C3)nc3ccccc23)=C1. The lowest BCUT2D eigenvalue weighted by molar-refractivity contribution is 0.271. The molecule has 6 aromatic carbocycles. The van der Waals surface area contributed by atoms with Crippen LogP contribution in [0, 0.1) is 0 Å². The summed E-state index contributed by atoms with van der Waals surface area (Å²) in [4.78, 5) is 10.3. The van der Waals surface area contributed by atoms with Gasteiger partial charge in [-0.05, 0) is 84.1 Å². The second kappa shape index (κ2) is 11.8. The Balaban J connectivity index is 0.962. The van der Waals surface area contributed by atoms with Gasteiger partial charge in [0.1, 0.15) is 23.0 Å². The topological polar surface area (TPSA) is 53.1 Å². The maximum atomic E-state index is 6.81. The van der Waals surface area contributed by atoms with Crippen molar-refractivity contribution in [3.8, 4) is 22.6 Å². The number of nitrogens with zero attached hydrogens (tertiary/aromatic N) is 3. The Morgan fingerprint density at radius 3 is 2.33 bits per heavy atom. The number of furan rings is 1. The average Bonchev–Trinajstić information content (AvgIpc) is 3.92. The number of para-hydroxylation sites is 3. The van der Waals surface area contributed by atoms with Crippen LogP contribution in [0.15, 0.2) is 168 Å². The molecule has 0 N–H and O–H groups in total. The minimum absolute atomic E-state index is 0.0153. The van der Waals surface area contributed by atoms with E-state index in [-0.39, 0.29) is 12.0 Å². The smallest absolute Gasteiger partial charge is 0.160 e. The van der Waals surface area contributed by atoms with Crippen LogP contribution < -0.4 is 4.74 Å². The molecule has 0 saturated carbocycles. The van der Waals surface area contributed by atoms with E-state index in [0.717, 1.165) is 90.8 Å². The molecule has 2 unspecified atom stereocenters. The zero-order chi connectivity index (χ0) is 36.0. The van der Waals surface area contributed by atoms with Crippen molar-refractivity contribution in [3.63, 3.8) is 0 Å². The van der Waals surface area contributed by atoms with Crippen LogP contribution in [-0.4, -0.2) is 20.6 Å². The molecule has 0 amide bonds. The molecule has 2 aliphatic carbocycles. The Hall–Kier alpha value is -6.98. The third kappa shape index (κ3) is 4.66. The van der Waals surface area contributed by atoms with Crippen LogP contribution in [-0.2, 0) is 0 Å². The van der Waals surface area contributed by atoms with Crippen LogP contribution >= 0.6 is 0 Å². The first kappa shape index (κ1) is 30.5. The first-order valence-corrected chi connectivity index (χ1v) is 19.0. The molecule has 3 aromatic heterocycles. The van der Waals surface area contributed by atoms with Crippen molar-refractivity contribution in [2.75, 3.05) is 0 Å². The summed E-state index contributed by atoms with van der Waals surface area (Å²) >= 11 is 0. The van der Waals surface area contributed by atoms with E-state index in [9.17, 15) is 0 Å². The van der Waals surface area contributed by atoms with Crippen molar-refractivity contribution >= 4 is 65.8 Å². The number of rotatable bonds is 4. The third-order valence-electron chi connectivity index (χ3n) is 11.6. The van der Waals surface area contributed by atoms with Crippen molar-refractivity contribution in [2.45, 2.75) is 24.9 Å². The van der Waals surface area contributed by atoms with E-state index in [0.29, 0.717) is 0 Å². The van der Waals surface area contributed by atoms with Gasteiger partial charge < -0.3 is 13.7 Å². The predicted molar refractivity (Wildman–Crippen MR) is 224 cm³/mol. The lowest BCUT2D eigenvalue weighted by Gasteiger charge is -2.23. The lowest BCUT2D eigenvalue weighted by atomic mass is 9.82. The Bertz CT molecular complexity index is 3210. The minimum atomic E-state index is -0.124. The highest BCUT2D eigenvalue weighted by atomic mass is 16.5. The molecular formula is C50H33N3O2. The van der Waals surface area contributed by atoms with Gasteiger partial charge in [-0.3, -0.25) is 0 Å². The summed E-state index contributed by atoms with van der Waals surface area (Å²) in [5.74, 6) is 1.70. The molecule has 260 valence electrons. The molecule has 5 nitrogen and oxygen atoms in total. The summed E-state index contributed by atoms with van der Waals surface area (Å²) in [5.41, 5.74) is 12.9. The van der Waals surface area contributed by atoms with Gasteiger partial charge in [-0.25, -0.2) is 9.97 Å². The second-order valence-electron chi connectivity index (χ2n) is 14.7. The van der Waals surface area contributed by atoms with Crippen LogP contribution in [0.4, 0.5) is 0 Å². The molecule has 1 aliphatic heterocycles. The fourth-order valence-corrected chi connectivity index (χ4v) is 9.05. The number of aromatic nitrogens is 3. The van der Waals surface area contributed by atoms with Gasteiger partial charge in [-0.1, -0.05) is 103 Å². The highest BCUT2D eigenvalue weighted by molar-refractivity contribution is 6.11. The fraction of sp³-hybridized carbons (Fsp3) is 0.0800. The monoisotopic (exact) mass is 707 g/mol. The summed E-state index contributed by atoms with van der Waals surface area (Å²) in [6, 6.07) is 45.4. The van der Waals surface area contributed by atoms with Crippen LogP contribution in [0.1, 0.15) is 35.8 Å². The maximum Gasteiger partial charge on any atom is 0.160 e. The summed E-state index contributed by atoms with van der Waals surface area (Å²) in [7, 11) is 0. The molecule has 4 heterocycles. The minimum Gasteiger partial charge on any atom is -0.485 e. The van der Waals surface area contributed by atoms with E-state index in [1.807, 2.05) is 12.1 Å². The van der Waals surface area contributed by atoms with Crippen molar-refractivity contribution in [1.82, 2.24) is 14.5 Å². The number of fused-ring (bicyclic) bond motifs is 10. The van der Waals surface area contributed by atoms with Crippen molar-refractivity contribution in [3.05, 3.63) is 181 Å². The molecule has 3 aliphatic rings. The Morgan fingerprint density at radius 2 is 1.42 bits per heavy atom. The molecular weight excluding hydrogens is 675 g/mol. The predicted octanol–water partition coefficient (Wildman–Crippen LogP) is 12.5. The van der Waals surface area contributed by atoms with Crippen molar-refractivity contribution in [1.29, 1.82) is 0 Å². The molecule has 0 bridgehead atoms. The Kier molecular flexibility index (Phi) is 6.52. The van der Waals surface area contributed by atoms with Gasteiger partial charge in [-0.2, -0.15) is 0 Å². The van der Waals surface area contributed by atoms with E-state index in [2.05, 4.69) is 156 Å². The van der Waals surface area contributed by atoms with E-state index < -0.39 is 0 Å². The van der Waals surface area contributed by atoms with Crippen LogP contribution in [0.25, 0.3) is 82.6 Å². The molecule has 9 aromatic rings. The normalized spacial score (nSPS) is 17.5. The molecule has 0 saturated heterocycles. The molecule has 12 rings (SSSR count). The number of hydrogen-bond donors (Lipinski definition) is 0. The van der Waals surface area contributed by atoms with Crippen molar-refractivity contribution in [2.24, 2.45) is 0 Å². The summed E-state index contributed by atoms with van der Waals surface area (Å²) in [5, 5.41) is 5.75. The number of ether oxygens (including phenoxy) is 1. The Labute approximate surface area is 316 Å². The third-order valence-corrected chi connectivity index (χ3v) is 11.6. The van der Waals surface area contributed by atoms with Gasteiger partial charge in [0.2, 0.25) is 0 Å². The zero-order valence-electron chi connectivity index (χ0n) is 29.8. The first-order chi connectivity index (χ1) is 27.2. The molecule has 2 atom stereocenters. The Morgan fingerprint density at radius 1 is 0.636 bits per heavy atom. The zero-order valence-corrected chi connectivity index (χ0v) is 29.8. The van der Waals surface area contributed by atoms with Crippen LogP contribution in [0.5, 0.6) is 5.75 Å². The molecule has 0 radical (unpaired) electrons. The largest absolute Gasteiger partial charge is 0.485 e. The summed E-state index contributed by atoms with van der Waals surface area (Å²) < 4.78 is 15.3. The molecule has 55 heavy (non-hydrogen) atoms. The lowest BCUT2D eigenvalue weighted by Crippen LogP contribution is -2.20. The summed E-state index contributed by atoms with van der Waals surface area (Å²) in [6.07, 6.45) is 15.1. The highest BCUT2D eigenvalue weighted by Crippen LogP contribution is 2.50. The maximum absolute atomic E-state index is 6.81. The van der Waals surface area contributed by atoms with Gasteiger partial charge >= 0.3 is 0 Å². The van der Waals surface area contributed by atoms with Gasteiger partial charge in [0.15, 0.2) is 5.82 Å². The van der Waals surface area contributed by atoms with Crippen molar-refractivity contribution < 1.29 is 9.15 Å². The van der Waals surface area contributed by atoms with E-state index in [1.54, 1.807) is 0 Å².